The van der Waals surface area contributed by atoms with Crippen LogP contribution < -0.4 is 4.74 Å². The van der Waals surface area contributed by atoms with Crippen LogP contribution in [0.1, 0.15) is 49.2 Å². The van der Waals surface area contributed by atoms with Crippen LogP contribution in [0.15, 0.2) is 34.9 Å². The topological polar surface area (TPSA) is 47.4 Å². The summed E-state index contributed by atoms with van der Waals surface area (Å²) >= 11 is 3.39. The number of carbonyl (C=O) groups excluding carboxylic acids is 1. The van der Waals surface area contributed by atoms with E-state index in [4.69, 9.17) is 4.74 Å². The van der Waals surface area contributed by atoms with E-state index in [1.54, 1.807) is 10.8 Å². The summed E-state index contributed by atoms with van der Waals surface area (Å²) in [4.78, 5) is 19.6. The van der Waals surface area contributed by atoms with Gasteiger partial charge in [0.2, 0.25) is 5.78 Å². The maximum atomic E-state index is 12.7. The minimum Gasteiger partial charge on any atom is -0.464 e. The van der Waals surface area contributed by atoms with Crippen molar-refractivity contribution >= 4 is 21.7 Å². The van der Waals surface area contributed by atoms with E-state index in [2.05, 4.69) is 39.7 Å². The number of carbonyl (C=O) groups is 1. The first-order chi connectivity index (χ1) is 13.4. The highest BCUT2D eigenvalue weighted by atomic mass is 79.9. The van der Waals surface area contributed by atoms with Crippen molar-refractivity contribution in [2.24, 2.45) is 18.9 Å². The van der Waals surface area contributed by atoms with Crippen LogP contribution in [0.4, 0.5) is 0 Å². The lowest BCUT2D eigenvalue weighted by Gasteiger charge is -2.32. The van der Waals surface area contributed by atoms with Crippen LogP contribution in [0.2, 0.25) is 0 Å². The van der Waals surface area contributed by atoms with E-state index in [1.165, 1.54) is 13.0 Å². The van der Waals surface area contributed by atoms with Crippen molar-refractivity contribution in [3.05, 3.63) is 46.2 Å². The van der Waals surface area contributed by atoms with Crippen molar-refractivity contribution in [3.8, 4) is 6.01 Å². The first kappa shape index (κ1) is 21.1. The van der Waals surface area contributed by atoms with Crippen LogP contribution in [0, 0.1) is 11.8 Å². The molecule has 1 aliphatic rings. The zero-order valence-electron chi connectivity index (χ0n) is 17.0. The number of ether oxygens (including phenoxy) is 1. The predicted molar refractivity (Wildman–Crippen MR) is 115 cm³/mol. The summed E-state index contributed by atoms with van der Waals surface area (Å²) < 4.78 is 8.67. The Labute approximate surface area is 176 Å². The van der Waals surface area contributed by atoms with Gasteiger partial charge < -0.3 is 9.64 Å². The predicted octanol–water partition coefficient (Wildman–Crippen LogP) is 4.55. The van der Waals surface area contributed by atoms with Crippen molar-refractivity contribution in [2.45, 2.75) is 33.1 Å². The highest BCUT2D eigenvalue weighted by Gasteiger charge is 2.21. The molecular formula is C22H30BrN3O2. The summed E-state index contributed by atoms with van der Waals surface area (Å²) in [6, 6.07) is 7.88. The Hall–Kier alpha value is -1.66. The van der Waals surface area contributed by atoms with E-state index < -0.39 is 0 Å². The normalized spacial score (nSPS) is 15.9. The smallest absolute Gasteiger partial charge is 0.296 e. The van der Waals surface area contributed by atoms with E-state index in [-0.39, 0.29) is 5.78 Å². The van der Waals surface area contributed by atoms with Gasteiger partial charge in [0.25, 0.3) is 6.01 Å². The molecular weight excluding hydrogens is 418 g/mol. The lowest BCUT2D eigenvalue weighted by atomic mass is 9.97. The van der Waals surface area contributed by atoms with Gasteiger partial charge in [-0.05, 0) is 75.0 Å². The molecule has 2 aromatic rings. The molecule has 1 fully saturated rings. The molecule has 1 aromatic carbocycles. The molecule has 1 aromatic heterocycles. The Morgan fingerprint density at radius 2 is 1.93 bits per heavy atom. The highest BCUT2D eigenvalue weighted by molar-refractivity contribution is 9.10. The van der Waals surface area contributed by atoms with Crippen LogP contribution >= 0.6 is 15.9 Å². The van der Waals surface area contributed by atoms with Crippen LogP contribution in [0.3, 0.4) is 0 Å². The molecule has 0 aliphatic carbocycles. The second-order valence-electron chi connectivity index (χ2n) is 8.10. The molecule has 0 saturated carbocycles. The number of imidazole rings is 1. The minimum atomic E-state index is -0.0455. The fraction of sp³-hybridized carbons (Fsp3) is 0.545. The Bertz CT molecular complexity index is 778. The van der Waals surface area contributed by atoms with Crippen molar-refractivity contribution in [1.29, 1.82) is 0 Å². The largest absolute Gasteiger partial charge is 0.464 e. The van der Waals surface area contributed by atoms with Gasteiger partial charge in [0.1, 0.15) is 5.69 Å². The maximum absolute atomic E-state index is 12.7. The summed E-state index contributed by atoms with van der Waals surface area (Å²) in [5.74, 6) is 1.27. The van der Waals surface area contributed by atoms with Crippen LogP contribution in [-0.2, 0) is 7.05 Å². The Morgan fingerprint density at radius 3 is 2.57 bits per heavy atom. The summed E-state index contributed by atoms with van der Waals surface area (Å²) in [6.07, 6.45) is 5.19. The monoisotopic (exact) mass is 447 g/mol. The molecule has 2 heterocycles. The number of nitrogens with zero attached hydrogens (tertiary/aromatic N) is 3. The lowest BCUT2D eigenvalue weighted by Crippen LogP contribution is -2.36. The Kier molecular flexibility index (Phi) is 7.30. The molecule has 3 rings (SSSR count). The first-order valence-electron chi connectivity index (χ1n) is 10.1. The van der Waals surface area contributed by atoms with E-state index >= 15 is 0 Å². The molecule has 0 radical (unpaired) electrons. The van der Waals surface area contributed by atoms with Crippen molar-refractivity contribution in [3.63, 3.8) is 0 Å². The minimum absolute atomic E-state index is 0.0455. The van der Waals surface area contributed by atoms with Gasteiger partial charge in [-0.3, -0.25) is 9.36 Å². The molecule has 5 nitrogen and oxygen atoms in total. The third kappa shape index (κ3) is 5.45. The van der Waals surface area contributed by atoms with E-state index in [1.807, 2.05) is 31.3 Å². The molecule has 0 amide bonds. The summed E-state index contributed by atoms with van der Waals surface area (Å²) in [5, 5.41) is 0. The average Bonchev–Trinajstić information content (AvgIpc) is 3.06. The Morgan fingerprint density at radius 1 is 1.25 bits per heavy atom. The number of aromatic nitrogens is 2. The van der Waals surface area contributed by atoms with E-state index in [0.717, 1.165) is 36.3 Å². The van der Waals surface area contributed by atoms with Gasteiger partial charge in [0.15, 0.2) is 0 Å². The molecule has 152 valence electrons. The number of hydrogen-bond acceptors (Lipinski definition) is 4. The molecule has 0 N–H and O–H groups in total. The van der Waals surface area contributed by atoms with Gasteiger partial charge in [-0.1, -0.05) is 29.8 Å². The number of rotatable bonds is 8. The molecule has 0 spiro atoms. The number of ketones is 1. The number of benzene rings is 1. The van der Waals surface area contributed by atoms with Gasteiger partial charge >= 0.3 is 0 Å². The molecule has 1 saturated heterocycles. The number of halogens is 1. The van der Waals surface area contributed by atoms with Crippen LogP contribution in [0.25, 0.3) is 0 Å². The first-order valence-corrected chi connectivity index (χ1v) is 10.9. The number of hydrogen-bond donors (Lipinski definition) is 0. The maximum Gasteiger partial charge on any atom is 0.296 e. The van der Waals surface area contributed by atoms with E-state index in [9.17, 15) is 4.79 Å². The van der Waals surface area contributed by atoms with Crippen LogP contribution in [0.5, 0.6) is 6.01 Å². The Balaban J connectivity index is 1.51. The van der Waals surface area contributed by atoms with Gasteiger partial charge in [-0.15, -0.1) is 0 Å². The van der Waals surface area contributed by atoms with Gasteiger partial charge in [-0.2, -0.15) is 0 Å². The SMILES string of the molecule is CC(C)CCN1CCC(COc2ncc(C(=O)c3ccc(Br)cc3)n2C)CC1. The average molecular weight is 448 g/mol. The standard InChI is InChI=1S/C22H30BrN3O2/c1-16(2)8-11-26-12-9-17(10-13-26)15-28-22-24-14-20(25(22)3)21(27)18-4-6-19(23)7-5-18/h4-7,14,16-17H,8-13,15H2,1-3H3. The molecule has 28 heavy (non-hydrogen) atoms. The fourth-order valence-electron chi connectivity index (χ4n) is 3.50. The third-order valence-corrected chi connectivity index (χ3v) is 5.99. The van der Waals surface area contributed by atoms with Crippen molar-refractivity contribution in [1.82, 2.24) is 14.5 Å². The van der Waals surface area contributed by atoms with Gasteiger partial charge in [-0.25, -0.2) is 4.98 Å². The van der Waals surface area contributed by atoms with E-state index in [0.29, 0.717) is 29.8 Å². The zero-order chi connectivity index (χ0) is 20.1. The summed E-state index contributed by atoms with van der Waals surface area (Å²) in [5.41, 5.74) is 1.19. The molecule has 1 aliphatic heterocycles. The molecule has 6 heteroatoms. The van der Waals surface area contributed by atoms with Crippen LogP contribution in [-0.4, -0.2) is 46.5 Å². The molecule has 0 unspecified atom stereocenters. The summed E-state index contributed by atoms with van der Waals surface area (Å²) in [7, 11) is 1.84. The van der Waals surface area contributed by atoms with Crippen molar-refractivity contribution in [2.75, 3.05) is 26.2 Å². The quantitative estimate of drug-likeness (QED) is 0.556. The molecule has 0 atom stereocenters. The van der Waals surface area contributed by atoms with Crippen molar-refractivity contribution < 1.29 is 9.53 Å². The fourth-order valence-corrected chi connectivity index (χ4v) is 3.76. The lowest BCUT2D eigenvalue weighted by molar-refractivity contribution is 0.102. The van der Waals surface area contributed by atoms with Gasteiger partial charge in [0, 0.05) is 17.1 Å². The van der Waals surface area contributed by atoms with Gasteiger partial charge in [0.05, 0.1) is 12.8 Å². The highest BCUT2D eigenvalue weighted by Crippen LogP contribution is 2.21. The molecule has 0 bridgehead atoms. The number of piperidine rings is 1. The second-order valence-corrected chi connectivity index (χ2v) is 9.02. The second kappa shape index (κ2) is 9.70. The zero-order valence-corrected chi connectivity index (χ0v) is 18.6. The third-order valence-electron chi connectivity index (χ3n) is 5.46. The summed E-state index contributed by atoms with van der Waals surface area (Å²) in [6.45, 7) is 8.72. The number of likely N-dealkylation sites (tertiary alicyclic amines) is 1.